The maximum Gasteiger partial charge on any atom is 0.243 e. The van der Waals surface area contributed by atoms with E-state index in [-0.39, 0.29) is 63.9 Å². The van der Waals surface area contributed by atoms with Crippen molar-refractivity contribution in [2.45, 2.75) is 107 Å². The number of nitrogens with one attached hydrogen (secondary N) is 12. The lowest BCUT2D eigenvalue weighted by Crippen LogP contribution is -2.59. The third kappa shape index (κ3) is 20.2. The molecule has 24 nitrogen and oxygen atoms in total. The zero-order valence-corrected chi connectivity index (χ0v) is 44.9. The van der Waals surface area contributed by atoms with Crippen molar-refractivity contribution in [2.75, 3.05) is 34.2 Å². The maximum atomic E-state index is 14.6. The summed E-state index contributed by atoms with van der Waals surface area (Å²) in [5.74, 6) is -4.81. The van der Waals surface area contributed by atoms with Gasteiger partial charge in [-0.2, -0.15) is 0 Å². The Balaban J connectivity index is 1.32. The van der Waals surface area contributed by atoms with Crippen molar-refractivity contribution in [1.82, 2.24) is 68.1 Å². The van der Waals surface area contributed by atoms with Crippen LogP contribution in [0.1, 0.15) is 61.4 Å². The molecule has 8 amide bonds. The molecule has 0 aliphatic carbocycles. The molecule has 79 heavy (non-hydrogen) atoms. The van der Waals surface area contributed by atoms with E-state index in [1.165, 1.54) is 33.5 Å². The summed E-state index contributed by atoms with van der Waals surface area (Å²) in [5.41, 5.74) is 9.25. The summed E-state index contributed by atoms with van der Waals surface area (Å²) in [4.78, 5) is 136. The van der Waals surface area contributed by atoms with Gasteiger partial charge in [0.05, 0.1) is 18.4 Å². The number of benzene rings is 3. The lowest BCUT2D eigenvalue weighted by atomic mass is 10.0. The van der Waals surface area contributed by atoms with Gasteiger partial charge in [0.25, 0.3) is 0 Å². The summed E-state index contributed by atoms with van der Waals surface area (Å²) >= 11 is 0. The number of aldehydes is 1. The number of imidazole rings is 1. The van der Waals surface area contributed by atoms with Gasteiger partial charge >= 0.3 is 0 Å². The molecule has 422 valence electrons. The normalized spacial score (nSPS) is 13.9. The van der Waals surface area contributed by atoms with E-state index < -0.39 is 89.6 Å². The minimum absolute atomic E-state index is 0.00157. The van der Waals surface area contributed by atoms with Crippen LogP contribution in [0.4, 0.5) is 0 Å². The Morgan fingerprint density at radius 3 is 1.75 bits per heavy atom. The SMILES string of the molecule is CN=C(N)NCCC[C@@H](C=O)NC(=O)C(Cc1ccccc1)NC(=O)[C@H](Cc1cnc[nH]1)NC(=O)C(CCC(=O)NCCC(NC)C(=O)N[C@@H](Cc1c[nH]c2ccccc12)C(=O)NC)NC(=O)C(Cc1ccccc1)NC(C)=O. The van der Waals surface area contributed by atoms with Gasteiger partial charge in [-0.25, -0.2) is 4.98 Å². The van der Waals surface area contributed by atoms with Crippen LogP contribution < -0.4 is 58.9 Å². The Bertz CT molecular complexity index is 2830. The fraction of sp³-hybridized carbons (Fsp3) is 0.400. The first-order valence-corrected chi connectivity index (χ1v) is 26.1. The lowest BCUT2D eigenvalue weighted by molar-refractivity contribution is -0.135. The molecular weight excluding hydrogens is 1010 g/mol. The zero-order chi connectivity index (χ0) is 57.1. The second-order valence-electron chi connectivity index (χ2n) is 18.8. The number of nitrogens with zero attached hydrogens (tertiary/aromatic N) is 2. The van der Waals surface area contributed by atoms with E-state index in [4.69, 9.17) is 5.73 Å². The molecule has 3 aromatic carbocycles. The van der Waals surface area contributed by atoms with Gasteiger partial charge in [0.15, 0.2) is 5.96 Å². The highest BCUT2D eigenvalue weighted by Gasteiger charge is 2.33. The second-order valence-corrected chi connectivity index (χ2v) is 18.8. The monoisotopic (exact) mass is 1090 g/mol. The first-order valence-electron chi connectivity index (χ1n) is 26.1. The number of aromatic nitrogens is 3. The number of hydrogen-bond donors (Lipinski definition) is 13. The van der Waals surface area contributed by atoms with Crippen LogP contribution in [0.3, 0.4) is 0 Å². The molecule has 2 aromatic heterocycles. The van der Waals surface area contributed by atoms with Crippen molar-refractivity contribution in [1.29, 1.82) is 0 Å². The van der Waals surface area contributed by atoms with E-state index in [2.05, 4.69) is 73.1 Å². The Hall–Kier alpha value is -8.93. The number of para-hydroxylation sites is 1. The predicted octanol–water partition coefficient (Wildman–Crippen LogP) is -0.776. The number of guanidine groups is 1. The molecular formula is C55H73N15O9. The van der Waals surface area contributed by atoms with E-state index in [1.54, 1.807) is 73.9 Å². The van der Waals surface area contributed by atoms with Crippen LogP contribution >= 0.6 is 0 Å². The summed E-state index contributed by atoms with van der Waals surface area (Å²) in [6, 6.07) is 17.4. The Kier molecular flexibility index (Phi) is 24.6. The van der Waals surface area contributed by atoms with Crippen LogP contribution in [0, 0.1) is 0 Å². The summed E-state index contributed by atoms with van der Waals surface area (Å²) < 4.78 is 0. The van der Waals surface area contributed by atoms with E-state index >= 15 is 0 Å². The van der Waals surface area contributed by atoms with Gasteiger partial charge in [0, 0.05) is 95.2 Å². The number of carbonyl (C=O) groups excluding carboxylic acids is 9. The van der Waals surface area contributed by atoms with Crippen LogP contribution in [-0.2, 0) is 68.8 Å². The van der Waals surface area contributed by atoms with Gasteiger partial charge in [0.1, 0.15) is 36.5 Å². The van der Waals surface area contributed by atoms with Crippen molar-refractivity contribution in [3.63, 3.8) is 0 Å². The number of carbonyl (C=O) groups is 9. The number of likely N-dealkylation sites (N-methyl/N-ethyl adjacent to an activating group) is 2. The smallest absolute Gasteiger partial charge is 0.243 e. The minimum Gasteiger partial charge on any atom is -0.370 e. The first kappa shape index (κ1) is 60.9. The highest BCUT2D eigenvalue weighted by atomic mass is 16.2. The van der Waals surface area contributed by atoms with Crippen molar-refractivity contribution >= 4 is 70.4 Å². The summed E-state index contributed by atoms with van der Waals surface area (Å²) in [6.07, 6.45) is 5.48. The van der Waals surface area contributed by atoms with Gasteiger partial charge in [0.2, 0.25) is 47.3 Å². The van der Waals surface area contributed by atoms with Gasteiger partial charge < -0.3 is 73.7 Å². The number of fused-ring (bicyclic) bond motifs is 1. The van der Waals surface area contributed by atoms with E-state index in [9.17, 15) is 43.2 Å². The number of nitrogens with two attached hydrogens (primary N) is 1. The number of aliphatic imine (C=N–C) groups is 1. The van der Waals surface area contributed by atoms with Crippen molar-refractivity contribution in [3.8, 4) is 0 Å². The number of amides is 8. The van der Waals surface area contributed by atoms with E-state index in [0.29, 0.717) is 36.1 Å². The average molecular weight is 1090 g/mol. The predicted molar refractivity (Wildman–Crippen MR) is 296 cm³/mol. The quantitative estimate of drug-likeness (QED) is 0.0109. The number of rotatable bonds is 32. The van der Waals surface area contributed by atoms with Crippen LogP contribution in [0.5, 0.6) is 0 Å². The highest BCUT2D eigenvalue weighted by molar-refractivity contribution is 5.96. The topological polar surface area (TPSA) is 357 Å². The molecule has 0 bridgehead atoms. The fourth-order valence-corrected chi connectivity index (χ4v) is 8.65. The molecule has 2 heterocycles. The van der Waals surface area contributed by atoms with E-state index in [0.717, 1.165) is 16.5 Å². The Morgan fingerprint density at radius 1 is 0.608 bits per heavy atom. The first-order chi connectivity index (χ1) is 38.1. The highest BCUT2D eigenvalue weighted by Crippen LogP contribution is 2.19. The van der Waals surface area contributed by atoms with Crippen molar-refractivity contribution in [3.05, 3.63) is 126 Å². The largest absolute Gasteiger partial charge is 0.370 e. The van der Waals surface area contributed by atoms with Crippen molar-refractivity contribution in [2.24, 2.45) is 10.7 Å². The summed E-state index contributed by atoms with van der Waals surface area (Å²) in [5, 5.41) is 28.5. The third-order valence-corrected chi connectivity index (χ3v) is 12.9. The number of aromatic amines is 2. The van der Waals surface area contributed by atoms with Gasteiger partial charge in [-0.15, -0.1) is 0 Å². The molecule has 0 radical (unpaired) electrons. The molecule has 0 saturated carbocycles. The van der Waals surface area contributed by atoms with Gasteiger partial charge in [-0.1, -0.05) is 78.9 Å². The number of hydrogen-bond acceptors (Lipinski definition) is 12. The van der Waals surface area contributed by atoms with Crippen LogP contribution in [0.2, 0.25) is 0 Å². The second kappa shape index (κ2) is 32.0. The fourth-order valence-electron chi connectivity index (χ4n) is 8.65. The summed E-state index contributed by atoms with van der Waals surface area (Å²) in [7, 11) is 4.58. The molecule has 0 aliphatic rings. The molecule has 5 rings (SSSR count). The van der Waals surface area contributed by atoms with Crippen molar-refractivity contribution < 1.29 is 43.2 Å². The zero-order valence-electron chi connectivity index (χ0n) is 44.9. The average Bonchev–Trinajstić information content (AvgIpc) is 4.16. The summed E-state index contributed by atoms with van der Waals surface area (Å²) in [6.45, 7) is 1.62. The molecule has 5 aromatic rings. The van der Waals surface area contributed by atoms with Gasteiger partial charge in [-0.3, -0.25) is 43.3 Å². The standard InChI is InChI=1S/C55H73N15O9/c1-34(72)65-44(26-35-14-7-5-8-15-35)53(78)67-43(21-22-48(73)61-25-23-42(57-2)50(75)69-46(49(74)58-3)28-37-30-63-41-20-12-11-19-40(37)41)51(76)70-47(29-39-31-60-33-64-39)54(79)68-45(27-36-16-9-6-10-17-36)52(77)66-38(32-71)18-13-24-62-55(56)59-4/h5-12,14-17,19-20,30-33,38,42-47,57,63H,13,18,21-29H2,1-4H3,(H,58,74)(H,60,64)(H,61,73)(H,65,72)(H,66,77)(H,67,78)(H,68,79)(H,69,75)(H,70,76)(H3,56,59,62)/t38-,42?,43?,44?,45?,46-,47-/m0/s1. The molecule has 14 N–H and O–H groups in total. The van der Waals surface area contributed by atoms with Crippen LogP contribution in [0.15, 0.2) is 109 Å². The molecule has 0 saturated heterocycles. The molecule has 0 aliphatic heterocycles. The third-order valence-electron chi connectivity index (χ3n) is 12.9. The molecule has 24 heteroatoms. The molecule has 0 spiro atoms. The molecule has 7 atom stereocenters. The molecule has 4 unspecified atom stereocenters. The Morgan fingerprint density at radius 2 is 1.16 bits per heavy atom. The van der Waals surface area contributed by atoms with E-state index in [1.807, 2.05) is 24.3 Å². The van der Waals surface area contributed by atoms with Gasteiger partial charge in [-0.05, 0) is 55.5 Å². The lowest BCUT2D eigenvalue weighted by Gasteiger charge is -2.27. The van der Waals surface area contributed by atoms with Crippen LogP contribution in [-0.4, -0.2) is 151 Å². The number of H-pyrrole nitrogens is 2. The maximum absolute atomic E-state index is 14.6. The molecule has 0 fully saturated rings. The van der Waals surface area contributed by atoms with Crippen LogP contribution in [0.25, 0.3) is 10.9 Å². The Labute approximate surface area is 458 Å². The minimum atomic E-state index is -1.47.